The SMILES string of the molecule is CCOC(=O)CSC1CCC(C)(C)C1N. The van der Waals surface area contributed by atoms with Crippen LogP contribution in [0.3, 0.4) is 0 Å². The molecule has 2 unspecified atom stereocenters. The van der Waals surface area contributed by atoms with Crippen molar-refractivity contribution in [1.29, 1.82) is 0 Å². The molecule has 0 spiro atoms. The minimum absolute atomic E-state index is 0.126. The largest absolute Gasteiger partial charge is 0.465 e. The highest BCUT2D eigenvalue weighted by Gasteiger charge is 2.39. The second-order valence-corrected chi connectivity index (χ2v) is 5.94. The summed E-state index contributed by atoms with van der Waals surface area (Å²) in [5.41, 5.74) is 6.36. The molecular weight excluding hydrogens is 210 g/mol. The molecule has 0 aliphatic heterocycles. The van der Waals surface area contributed by atoms with Crippen molar-refractivity contribution in [3.8, 4) is 0 Å². The molecule has 0 aromatic rings. The monoisotopic (exact) mass is 231 g/mol. The summed E-state index contributed by atoms with van der Waals surface area (Å²) in [4.78, 5) is 11.2. The summed E-state index contributed by atoms with van der Waals surface area (Å²) in [6.45, 7) is 6.68. The zero-order valence-corrected chi connectivity index (χ0v) is 10.6. The Morgan fingerprint density at radius 2 is 2.27 bits per heavy atom. The maximum absolute atomic E-state index is 11.2. The molecule has 0 saturated heterocycles. The Morgan fingerprint density at radius 1 is 1.60 bits per heavy atom. The van der Waals surface area contributed by atoms with Crippen molar-refractivity contribution < 1.29 is 9.53 Å². The molecule has 1 rings (SSSR count). The molecule has 3 nitrogen and oxygen atoms in total. The Hall–Kier alpha value is -0.220. The molecule has 15 heavy (non-hydrogen) atoms. The first kappa shape index (κ1) is 12.8. The molecule has 0 heterocycles. The Bertz CT molecular complexity index is 231. The fourth-order valence-electron chi connectivity index (χ4n) is 1.93. The van der Waals surface area contributed by atoms with Crippen LogP contribution in [0.25, 0.3) is 0 Å². The molecule has 1 aliphatic carbocycles. The third-order valence-electron chi connectivity index (χ3n) is 3.10. The second-order valence-electron chi connectivity index (χ2n) is 4.71. The smallest absolute Gasteiger partial charge is 0.315 e. The van der Waals surface area contributed by atoms with E-state index in [1.165, 1.54) is 0 Å². The van der Waals surface area contributed by atoms with E-state index in [0.717, 1.165) is 12.8 Å². The average molecular weight is 231 g/mol. The molecule has 2 N–H and O–H groups in total. The van der Waals surface area contributed by atoms with Crippen molar-refractivity contribution >= 4 is 17.7 Å². The van der Waals surface area contributed by atoms with Crippen LogP contribution in [0, 0.1) is 5.41 Å². The highest BCUT2D eigenvalue weighted by molar-refractivity contribution is 8.00. The topological polar surface area (TPSA) is 52.3 Å². The zero-order valence-electron chi connectivity index (χ0n) is 9.79. The first-order valence-electron chi connectivity index (χ1n) is 5.50. The molecule has 0 bridgehead atoms. The quantitative estimate of drug-likeness (QED) is 0.750. The minimum Gasteiger partial charge on any atom is -0.465 e. The van der Waals surface area contributed by atoms with E-state index in [2.05, 4.69) is 13.8 Å². The van der Waals surface area contributed by atoms with E-state index in [9.17, 15) is 4.79 Å². The van der Waals surface area contributed by atoms with Crippen molar-refractivity contribution in [3.63, 3.8) is 0 Å². The number of thioether (sulfide) groups is 1. The van der Waals surface area contributed by atoms with Crippen molar-refractivity contribution in [3.05, 3.63) is 0 Å². The molecule has 4 heteroatoms. The van der Waals surface area contributed by atoms with Gasteiger partial charge in [0.1, 0.15) is 0 Å². The zero-order chi connectivity index (χ0) is 11.5. The van der Waals surface area contributed by atoms with Crippen LogP contribution < -0.4 is 5.73 Å². The van der Waals surface area contributed by atoms with Gasteiger partial charge in [-0.1, -0.05) is 13.8 Å². The van der Waals surface area contributed by atoms with Gasteiger partial charge < -0.3 is 10.5 Å². The first-order valence-corrected chi connectivity index (χ1v) is 6.55. The first-order chi connectivity index (χ1) is 6.97. The standard InChI is InChI=1S/C11H21NO2S/c1-4-14-9(13)7-15-8-5-6-11(2,3)10(8)12/h8,10H,4-7,12H2,1-3H3. The summed E-state index contributed by atoms with van der Waals surface area (Å²) in [6.07, 6.45) is 2.26. The van der Waals surface area contributed by atoms with Gasteiger partial charge in [-0.05, 0) is 25.2 Å². The van der Waals surface area contributed by atoms with E-state index in [0.29, 0.717) is 17.6 Å². The molecule has 0 amide bonds. The molecule has 2 atom stereocenters. The van der Waals surface area contributed by atoms with E-state index < -0.39 is 0 Å². The van der Waals surface area contributed by atoms with Gasteiger partial charge in [-0.25, -0.2) is 0 Å². The van der Waals surface area contributed by atoms with E-state index in [1.54, 1.807) is 11.8 Å². The van der Waals surface area contributed by atoms with Crippen molar-refractivity contribution in [2.75, 3.05) is 12.4 Å². The van der Waals surface area contributed by atoms with Gasteiger partial charge >= 0.3 is 5.97 Å². The maximum Gasteiger partial charge on any atom is 0.315 e. The van der Waals surface area contributed by atoms with Gasteiger partial charge in [-0.3, -0.25) is 4.79 Å². The van der Waals surface area contributed by atoms with Gasteiger partial charge in [0.2, 0.25) is 0 Å². The lowest BCUT2D eigenvalue weighted by Gasteiger charge is -2.26. The number of carbonyl (C=O) groups excluding carboxylic acids is 1. The highest BCUT2D eigenvalue weighted by Crippen LogP contribution is 2.41. The molecule has 0 radical (unpaired) electrons. The van der Waals surface area contributed by atoms with Gasteiger partial charge in [-0.15, -0.1) is 11.8 Å². The third kappa shape index (κ3) is 3.38. The highest BCUT2D eigenvalue weighted by atomic mass is 32.2. The normalized spacial score (nSPS) is 29.1. The number of ether oxygens (including phenoxy) is 1. The molecule has 1 aliphatic rings. The summed E-state index contributed by atoms with van der Waals surface area (Å²) >= 11 is 1.64. The molecule has 1 saturated carbocycles. The van der Waals surface area contributed by atoms with E-state index in [4.69, 9.17) is 10.5 Å². The predicted octanol–water partition coefficient (Wildman–Crippen LogP) is 1.80. The van der Waals surface area contributed by atoms with E-state index in [-0.39, 0.29) is 17.4 Å². The van der Waals surface area contributed by atoms with Gasteiger partial charge in [-0.2, -0.15) is 0 Å². The van der Waals surface area contributed by atoms with Crippen LogP contribution in [-0.2, 0) is 9.53 Å². The van der Waals surface area contributed by atoms with Crippen molar-refractivity contribution in [2.24, 2.45) is 11.1 Å². The Morgan fingerprint density at radius 3 is 2.73 bits per heavy atom. The van der Waals surface area contributed by atoms with Crippen LogP contribution in [0.1, 0.15) is 33.6 Å². The van der Waals surface area contributed by atoms with Gasteiger partial charge in [0.15, 0.2) is 0 Å². The lowest BCUT2D eigenvalue weighted by molar-refractivity contribution is -0.139. The predicted molar refractivity (Wildman–Crippen MR) is 63.9 cm³/mol. The van der Waals surface area contributed by atoms with Crippen LogP contribution in [0.15, 0.2) is 0 Å². The van der Waals surface area contributed by atoms with Crippen molar-refractivity contribution in [2.45, 2.75) is 44.9 Å². The van der Waals surface area contributed by atoms with Crippen molar-refractivity contribution in [1.82, 2.24) is 0 Å². The second kappa shape index (κ2) is 5.21. The minimum atomic E-state index is -0.126. The third-order valence-corrected chi connectivity index (χ3v) is 4.46. The molecule has 1 fully saturated rings. The van der Waals surface area contributed by atoms with Crippen LogP contribution in [0.4, 0.5) is 0 Å². The number of carbonyl (C=O) groups is 1. The summed E-state index contributed by atoms with van der Waals surface area (Å²) in [6, 6.07) is 0.192. The van der Waals surface area contributed by atoms with Crippen LogP contribution in [0.2, 0.25) is 0 Å². The summed E-state index contributed by atoms with van der Waals surface area (Å²) < 4.78 is 4.89. The number of hydrogen-bond donors (Lipinski definition) is 1. The summed E-state index contributed by atoms with van der Waals surface area (Å²) in [5.74, 6) is 0.307. The maximum atomic E-state index is 11.2. The lowest BCUT2D eigenvalue weighted by Crippen LogP contribution is -2.38. The number of nitrogens with two attached hydrogens (primary N) is 1. The molecule has 0 aromatic heterocycles. The molecule has 88 valence electrons. The Balaban J connectivity index is 2.32. The fraction of sp³-hybridized carbons (Fsp3) is 0.909. The average Bonchev–Trinajstić information content (AvgIpc) is 2.41. The Labute approximate surface area is 96.1 Å². The molecular formula is C11H21NO2S. The number of esters is 1. The van der Waals surface area contributed by atoms with Crippen LogP contribution in [-0.4, -0.2) is 29.6 Å². The number of rotatable bonds is 4. The Kier molecular flexibility index (Phi) is 4.46. The van der Waals surface area contributed by atoms with Gasteiger partial charge in [0.05, 0.1) is 12.4 Å². The van der Waals surface area contributed by atoms with E-state index in [1.807, 2.05) is 6.92 Å². The summed E-state index contributed by atoms with van der Waals surface area (Å²) in [5, 5.41) is 0.407. The van der Waals surface area contributed by atoms with Gasteiger partial charge in [0.25, 0.3) is 0 Å². The van der Waals surface area contributed by atoms with Crippen LogP contribution >= 0.6 is 11.8 Å². The lowest BCUT2D eigenvalue weighted by atomic mass is 9.88. The van der Waals surface area contributed by atoms with Gasteiger partial charge in [0, 0.05) is 11.3 Å². The fourth-order valence-corrected chi connectivity index (χ4v) is 3.22. The molecule has 0 aromatic carbocycles. The number of hydrogen-bond acceptors (Lipinski definition) is 4. The summed E-state index contributed by atoms with van der Waals surface area (Å²) in [7, 11) is 0. The van der Waals surface area contributed by atoms with Crippen LogP contribution in [0.5, 0.6) is 0 Å². The van der Waals surface area contributed by atoms with E-state index >= 15 is 0 Å².